The number of halogens is 2. The third-order valence-electron chi connectivity index (χ3n) is 2.56. The third kappa shape index (κ3) is 2.34. The number of anilines is 1. The lowest BCUT2D eigenvalue weighted by atomic mass is 10.1. The predicted molar refractivity (Wildman–Crippen MR) is 69.7 cm³/mol. The highest BCUT2D eigenvalue weighted by Gasteiger charge is 2.11. The molecule has 0 aliphatic rings. The van der Waals surface area contributed by atoms with Crippen molar-refractivity contribution < 1.29 is 4.39 Å². The number of nitrogens with two attached hydrogens (primary N) is 1. The Labute approximate surface area is 105 Å². The van der Waals surface area contributed by atoms with Crippen LogP contribution in [0.3, 0.4) is 0 Å². The molecule has 0 aliphatic carbocycles. The Hall–Kier alpha value is -1.35. The molecular formula is C13H14ClFN2. The van der Waals surface area contributed by atoms with Gasteiger partial charge in [0.2, 0.25) is 0 Å². The normalized spacial score (nSPS) is 11.4. The average molecular weight is 253 g/mol. The van der Waals surface area contributed by atoms with Gasteiger partial charge in [-0.3, -0.25) is 4.98 Å². The first-order chi connectivity index (χ1) is 7.99. The third-order valence-corrected chi connectivity index (χ3v) is 2.87. The van der Waals surface area contributed by atoms with Crippen LogP contribution in [0.2, 0.25) is 5.02 Å². The van der Waals surface area contributed by atoms with E-state index in [9.17, 15) is 4.39 Å². The van der Waals surface area contributed by atoms with Crippen LogP contribution in [0.4, 0.5) is 10.1 Å². The molecule has 4 heteroatoms. The topological polar surface area (TPSA) is 38.9 Å². The van der Waals surface area contributed by atoms with Crippen LogP contribution in [-0.2, 0) is 6.42 Å². The Morgan fingerprint density at radius 1 is 1.41 bits per heavy atom. The number of fused-ring (bicyclic) bond motifs is 1. The van der Waals surface area contributed by atoms with Crippen LogP contribution in [0, 0.1) is 11.7 Å². The van der Waals surface area contributed by atoms with Gasteiger partial charge in [0, 0.05) is 11.4 Å². The van der Waals surface area contributed by atoms with Crippen molar-refractivity contribution in [2.45, 2.75) is 20.3 Å². The molecule has 0 aliphatic heterocycles. The first-order valence-electron chi connectivity index (χ1n) is 5.52. The minimum atomic E-state index is -0.384. The van der Waals surface area contributed by atoms with E-state index in [1.807, 2.05) is 0 Å². The van der Waals surface area contributed by atoms with Crippen molar-refractivity contribution in [3.05, 3.63) is 34.7 Å². The summed E-state index contributed by atoms with van der Waals surface area (Å²) in [5.74, 6) is 0.0807. The fourth-order valence-corrected chi connectivity index (χ4v) is 2.08. The molecule has 0 bridgehead atoms. The van der Waals surface area contributed by atoms with E-state index in [0.717, 1.165) is 12.1 Å². The molecule has 0 saturated heterocycles. The van der Waals surface area contributed by atoms with Gasteiger partial charge in [0.25, 0.3) is 0 Å². The molecule has 2 nitrogen and oxygen atoms in total. The van der Waals surface area contributed by atoms with Crippen LogP contribution < -0.4 is 5.73 Å². The zero-order valence-electron chi connectivity index (χ0n) is 9.80. The Kier molecular flexibility index (Phi) is 3.20. The van der Waals surface area contributed by atoms with Gasteiger partial charge in [0.15, 0.2) is 0 Å². The summed E-state index contributed by atoms with van der Waals surface area (Å²) in [6.45, 7) is 4.19. The lowest BCUT2D eigenvalue weighted by molar-refractivity contribution is 0.634. The molecule has 0 saturated carbocycles. The van der Waals surface area contributed by atoms with Gasteiger partial charge in [0.1, 0.15) is 5.82 Å². The lowest BCUT2D eigenvalue weighted by Gasteiger charge is -2.09. The molecular weight excluding hydrogens is 239 g/mol. The second kappa shape index (κ2) is 4.49. The molecule has 1 aromatic carbocycles. The second-order valence-electron chi connectivity index (χ2n) is 4.55. The molecule has 2 N–H and O–H groups in total. The summed E-state index contributed by atoms with van der Waals surface area (Å²) >= 11 is 6.02. The van der Waals surface area contributed by atoms with Crippen LogP contribution in [0.15, 0.2) is 18.2 Å². The maximum absolute atomic E-state index is 13.6. The molecule has 17 heavy (non-hydrogen) atoms. The predicted octanol–water partition coefficient (Wildman–Crippen LogP) is 3.81. The first-order valence-corrected chi connectivity index (χ1v) is 5.90. The molecule has 2 rings (SSSR count). The first kappa shape index (κ1) is 12.1. The number of rotatable bonds is 2. The molecule has 0 fully saturated rings. The van der Waals surface area contributed by atoms with Gasteiger partial charge in [-0.25, -0.2) is 4.39 Å². The van der Waals surface area contributed by atoms with E-state index < -0.39 is 0 Å². The van der Waals surface area contributed by atoms with Crippen molar-refractivity contribution in [2.75, 3.05) is 5.73 Å². The van der Waals surface area contributed by atoms with Gasteiger partial charge in [0.05, 0.1) is 15.9 Å². The summed E-state index contributed by atoms with van der Waals surface area (Å²) in [6.07, 6.45) is 0.799. The summed E-state index contributed by atoms with van der Waals surface area (Å²) in [7, 11) is 0. The second-order valence-corrected chi connectivity index (χ2v) is 4.96. The van der Waals surface area contributed by atoms with Crippen LogP contribution in [0.1, 0.15) is 19.5 Å². The molecule has 0 radical (unpaired) electrons. The molecule has 1 aromatic heterocycles. The van der Waals surface area contributed by atoms with Crippen molar-refractivity contribution in [2.24, 2.45) is 5.92 Å². The van der Waals surface area contributed by atoms with Crippen LogP contribution in [0.5, 0.6) is 0 Å². The molecule has 0 unspecified atom stereocenters. The van der Waals surface area contributed by atoms with Crippen molar-refractivity contribution >= 4 is 28.2 Å². The van der Waals surface area contributed by atoms with Gasteiger partial charge in [-0.2, -0.15) is 0 Å². The van der Waals surface area contributed by atoms with Gasteiger partial charge < -0.3 is 5.73 Å². The SMILES string of the molecule is CC(C)Cc1cc(N)c2c(F)ccc(Cl)c2n1. The molecule has 90 valence electrons. The number of benzene rings is 1. The van der Waals surface area contributed by atoms with Crippen LogP contribution in [0.25, 0.3) is 10.9 Å². The number of aromatic nitrogens is 1. The minimum Gasteiger partial charge on any atom is -0.398 e. The van der Waals surface area contributed by atoms with Gasteiger partial charge in [-0.1, -0.05) is 25.4 Å². The molecule has 1 heterocycles. The number of hydrogen-bond donors (Lipinski definition) is 1. The Bertz CT molecular complexity index is 567. The largest absolute Gasteiger partial charge is 0.398 e. The summed E-state index contributed by atoms with van der Waals surface area (Å²) in [4.78, 5) is 4.38. The number of nitrogen functional groups attached to an aromatic ring is 1. The quantitative estimate of drug-likeness (QED) is 0.883. The highest BCUT2D eigenvalue weighted by atomic mass is 35.5. The summed E-state index contributed by atoms with van der Waals surface area (Å²) in [6, 6.07) is 4.54. The number of pyridine rings is 1. The minimum absolute atomic E-state index is 0.310. The van der Waals surface area contributed by atoms with Gasteiger partial charge >= 0.3 is 0 Å². The Morgan fingerprint density at radius 2 is 2.12 bits per heavy atom. The van der Waals surface area contributed by atoms with Crippen molar-refractivity contribution in [3.63, 3.8) is 0 Å². The fourth-order valence-electron chi connectivity index (χ4n) is 1.88. The van der Waals surface area contributed by atoms with Crippen LogP contribution in [-0.4, -0.2) is 4.98 Å². The zero-order valence-corrected chi connectivity index (χ0v) is 10.6. The molecule has 0 atom stereocenters. The van der Waals surface area contributed by atoms with E-state index in [2.05, 4.69) is 18.8 Å². The van der Waals surface area contributed by atoms with E-state index >= 15 is 0 Å². The standard InChI is InChI=1S/C13H14ClFN2/c1-7(2)5-8-6-11(16)12-10(15)4-3-9(14)13(12)17-8/h3-4,6-7H,5H2,1-2H3,(H2,16,17). The van der Waals surface area contributed by atoms with Crippen molar-refractivity contribution in [1.82, 2.24) is 4.98 Å². The van der Waals surface area contributed by atoms with Gasteiger partial charge in [-0.05, 0) is 30.5 Å². The van der Waals surface area contributed by atoms with E-state index in [1.54, 1.807) is 6.07 Å². The van der Waals surface area contributed by atoms with E-state index in [0.29, 0.717) is 27.5 Å². The van der Waals surface area contributed by atoms with Crippen LogP contribution >= 0.6 is 11.6 Å². The highest BCUT2D eigenvalue weighted by Crippen LogP contribution is 2.29. The summed E-state index contributed by atoms with van der Waals surface area (Å²) in [5.41, 5.74) is 7.55. The zero-order chi connectivity index (χ0) is 12.6. The monoisotopic (exact) mass is 252 g/mol. The molecule has 0 spiro atoms. The Morgan fingerprint density at radius 3 is 2.76 bits per heavy atom. The molecule has 0 amide bonds. The molecule has 2 aromatic rings. The van der Waals surface area contributed by atoms with E-state index in [4.69, 9.17) is 17.3 Å². The smallest absolute Gasteiger partial charge is 0.134 e. The highest BCUT2D eigenvalue weighted by molar-refractivity contribution is 6.35. The van der Waals surface area contributed by atoms with Crippen molar-refractivity contribution in [3.8, 4) is 0 Å². The maximum Gasteiger partial charge on any atom is 0.134 e. The summed E-state index contributed by atoms with van der Waals surface area (Å²) in [5, 5.41) is 0.740. The fraction of sp³-hybridized carbons (Fsp3) is 0.308. The number of hydrogen-bond acceptors (Lipinski definition) is 2. The maximum atomic E-state index is 13.6. The Balaban J connectivity index is 2.68. The van der Waals surface area contributed by atoms with Gasteiger partial charge in [-0.15, -0.1) is 0 Å². The lowest BCUT2D eigenvalue weighted by Crippen LogP contribution is -2.01. The van der Waals surface area contributed by atoms with Crippen molar-refractivity contribution in [1.29, 1.82) is 0 Å². The number of nitrogens with zero attached hydrogens (tertiary/aromatic N) is 1. The summed E-state index contributed by atoms with van der Waals surface area (Å²) < 4.78 is 13.6. The van der Waals surface area contributed by atoms with E-state index in [1.165, 1.54) is 12.1 Å². The van der Waals surface area contributed by atoms with E-state index in [-0.39, 0.29) is 5.82 Å². The average Bonchev–Trinajstić information content (AvgIpc) is 2.22.